The summed E-state index contributed by atoms with van der Waals surface area (Å²) in [6.07, 6.45) is 3.68. The second-order valence-electron chi connectivity index (χ2n) is 10.3. The van der Waals surface area contributed by atoms with Crippen LogP contribution in [0.15, 0.2) is 30.6 Å². The lowest BCUT2D eigenvalue weighted by Crippen LogP contribution is -2.50. The highest BCUT2D eigenvalue weighted by Crippen LogP contribution is 2.38. The molecule has 2 fully saturated rings. The van der Waals surface area contributed by atoms with Crippen molar-refractivity contribution in [2.24, 2.45) is 7.05 Å². The molecule has 0 spiro atoms. The number of aryl methyl sites for hydroxylation is 1. The summed E-state index contributed by atoms with van der Waals surface area (Å²) in [5.74, 6) is 1.00. The molecule has 2 N–H and O–H groups in total. The lowest BCUT2D eigenvalue weighted by molar-refractivity contribution is 0.0947. The predicted molar refractivity (Wildman–Crippen MR) is 147 cm³/mol. The van der Waals surface area contributed by atoms with Crippen molar-refractivity contribution in [3.05, 3.63) is 36.3 Å². The molecule has 3 heterocycles. The number of aromatic nitrogens is 5. The molecule has 0 unspecified atom stereocenters. The number of methoxy groups -OCH3 is 1. The maximum Gasteiger partial charge on any atom is 0.326 e. The van der Waals surface area contributed by atoms with Gasteiger partial charge in [-0.1, -0.05) is 6.07 Å². The van der Waals surface area contributed by atoms with Gasteiger partial charge in [0.05, 0.1) is 24.0 Å². The van der Waals surface area contributed by atoms with Crippen molar-refractivity contribution < 1.29 is 14.3 Å². The van der Waals surface area contributed by atoms with E-state index in [9.17, 15) is 9.59 Å². The Kier molecular flexibility index (Phi) is 6.30. The van der Waals surface area contributed by atoms with Gasteiger partial charge in [0, 0.05) is 32.2 Å². The summed E-state index contributed by atoms with van der Waals surface area (Å²) in [5, 5.41) is 18.7. The van der Waals surface area contributed by atoms with Gasteiger partial charge in [0.2, 0.25) is 0 Å². The average Bonchev–Trinajstić information content (AvgIpc) is 3.47. The Morgan fingerprint density at radius 1 is 1.16 bits per heavy atom. The normalized spacial score (nSPS) is 15.7. The Morgan fingerprint density at radius 2 is 1.95 bits per heavy atom. The van der Waals surface area contributed by atoms with E-state index in [2.05, 4.69) is 30.9 Å². The van der Waals surface area contributed by atoms with Crippen LogP contribution in [0.3, 0.4) is 0 Å². The molecule has 0 bridgehead atoms. The first kappa shape index (κ1) is 24.7. The highest BCUT2D eigenvalue weighted by Gasteiger charge is 2.40. The first-order valence-corrected chi connectivity index (χ1v) is 12.2. The van der Waals surface area contributed by atoms with Crippen molar-refractivity contribution in [1.82, 2.24) is 35.2 Å². The van der Waals surface area contributed by atoms with Crippen LogP contribution in [-0.2, 0) is 7.05 Å². The fourth-order valence-electron chi connectivity index (χ4n) is 4.31. The van der Waals surface area contributed by atoms with E-state index in [0.717, 1.165) is 12.8 Å². The second-order valence-corrected chi connectivity index (χ2v) is 10.3. The minimum absolute atomic E-state index is 0.0875. The number of urea groups is 1. The number of para-hydroxylation sites is 1. The number of anilines is 3. The maximum atomic E-state index is 13.2. The van der Waals surface area contributed by atoms with Crippen LogP contribution in [0.5, 0.6) is 5.75 Å². The van der Waals surface area contributed by atoms with Gasteiger partial charge in [0.25, 0.3) is 5.91 Å². The summed E-state index contributed by atoms with van der Waals surface area (Å²) in [6.45, 7) is 1.16. The highest BCUT2D eigenvalue weighted by molar-refractivity contribution is 6.60. The predicted octanol–water partition coefficient (Wildman–Crippen LogP) is -1.33. The Bertz CT molecular complexity index is 1360. The highest BCUT2D eigenvalue weighted by atomic mass is 16.5. The zero-order valence-corrected chi connectivity index (χ0v) is 21.6. The van der Waals surface area contributed by atoms with Crippen molar-refractivity contribution in [1.29, 1.82) is 0 Å². The summed E-state index contributed by atoms with van der Waals surface area (Å²) >= 11 is 0. The maximum absolute atomic E-state index is 13.2. The molecule has 3 amide bonds. The number of hydrogen-bond donors (Lipinski definition) is 2. The summed E-state index contributed by atoms with van der Waals surface area (Å²) in [7, 11) is 9.02. The van der Waals surface area contributed by atoms with Gasteiger partial charge in [0.1, 0.15) is 29.9 Å². The Balaban J connectivity index is 1.53. The average molecular weight is 499 g/mol. The lowest BCUT2D eigenvalue weighted by atomic mass is 9.49. The third kappa shape index (κ3) is 5.11. The van der Waals surface area contributed by atoms with Crippen molar-refractivity contribution >= 4 is 52.7 Å². The molecule has 5 rings (SSSR count). The molecule has 37 heavy (non-hydrogen) atoms. The Hall–Kier alpha value is -4.03. The van der Waals surface area contributed by atoms with Crippen LogP contribution in [0.4, 0.5) is 22.0 Å². The van der Waals surface area contributed by atoms with E-state index in [-0.39, 0.29) is 17.6 Å². The summed E-state index contributed by atoms with van der Waals surface area (Å²) in [5.41, 5.74) is 1.77. The molecule has 1 saturated heterocycles. The topological polar surface area (TPSA) is 130 Å². The second kappa shape index (κ2) is 9.45. The van der Waals surface area contributed by atoms with Gasteiger partial charge >= 0.3 is 6.03 Å². The molecule has 1 aliphatic heterocycles. The van der Waals surface area contributed by atoms with E-state index in [1.54, 1.807) is 36.1 Å². The van der Waals surface area contributed by atoms with Crippen LogP contribution in [0.25, 0.3) is 11.4 Å². The van der Waals surface area contributed by atoms with Gasteiger partial charge in [-0.3, -0.25) is 14.4 Å². The van der Waals surface area contributed by atoms with Crippen molar-refractivity contribution in [3.63, 3.8) is 0 Å². The molecule has 1 aromatic carbocycles. The first-order valence-electron chi connectivity index (χ1n) is 12.2. The molecule has 0 radical (unpaired) electrons. The van der Waals surface area contributed by atoms with Crippen LogP contribution >= 0.6 is 0 Å². The van der Waals surface area contributed by atoms with Crippen LogP contribution in [0.2, 0.25) is 0 Å². The van der Waals surface area contributed by atoms with Crippen LogP contribution in [-0.4, -0.2) is 96.8 Å². The van der Waals surface area contributed by atoms with E-state index in [1.807, 2.05) is 46.6 Å². The molecule has 2 aromatic heterocycles. The molecule has 12 nitrogen and oxygen atoms in total. The minimum atomic E-state index is -0.480. The number of ether oxygens (including phenoxy) is 1. The van der Waals surface area contributed by atoms with Gasteiger partial charge in [-0.25, -0.2) is 9.78 Å². The molecular formula is C22H28B3N9O3. The number of nitrogens with one attached hydrogen (secondary N) is 2. The molecular weight excluding hydrogens is 471 g/mol. The molecule has 3 aromatic rings. The van der Waals surface area contributed by atoms with Gasteiger partial charge in [-0.2, -0.15) is 5.10 Å². The number of nitrogens with zero attached hydrogens (tertiary/aromatic N) is 7. The molecule has 2 aliphatic rings. The number of carbonyl (C=O) groups excluding carboxylic acids is 2. The smallest absolute Gasteiger partial charge is 0.326 e. The zero-order valence-electron chi connectivity index (χ0n) is 21.6. The number of amides is 3. The van der Waals surface area contributed by atoms with E-state index in [1.165, 1.54) is 0 Å². The number of benzene rings is 1. The third-order valence-electron chi connectivity index (χ3n) is 6.12. The summed E-state index contributed by atoms with van der Waals surface area (Å²) in [6, 6.07) is 7.44. The fourth-order valence-corrected chi connectivity index (χ4v) is 4.31. The van der Waals surface area contributed by atoms with E-state index in [0.29, 0.717) is 53.5 Å². The summed E-state index contributed by atoms with van der Waals surface area (Å²) < 4.78 is 7.34. The Labute approximate surface area is 217 Å². The van der Waals surface area contributed by atoms with E-state index >= 15 is 0 Å². The van der Waals surface area contributed by atoms with Gasteiger partial charge in [0.15, 0.2) is 23.1 Å². The number of carbonyl (C=O) groups is 2. The van der Waals surface area contributed by atoms with Gasteiger partial charge < -0.3 is 20.3 Å². The number of hydrogen-bond acceptors (Lipinski definition) is 8. The van der Waals surface area contributed by atoms with Crippen LogP contribution < -0.4 is 20.3 Å². The number of rotatable bonds is 8. The largest absolute Gasteiger partial charge is 0.494 e. The van der Waals surface area contributed by atoms with Crippen molar-refractivity contribution in [2.45, 2.75) is 24.1 Å². The molecule has 0 atom stereocenters. The van der Waals surface area contributed by atoms with Gasteiger partial charge in [-0.15, -0.1) is 10.2 Å². The van der Waals surface area contributed by atoms with E-state index < -0.39 is 5.24 Å². The van der Waals surface area contributed by atoms with Crippen LogP contribution in [0, 0.1) is 0 Å². The molecule has 15 heteroatoms. The lowest BCUT2D eigenvalue weighted by Gasteiger charge is -2.22. The minimum Gasteiger partial charge on any atom is -0.494 e. The standard InChI is InChI=1S/C22H28B3N9O3/c1-32-11-26-19(31-32)13-4-3-5-14(18(13)37-2)27-15-10-16(29-30-17(15)20(35)28-22(23,24)25)34-9-8-33(21(34)36)12-6-7-12/h3-5,10-12H,6-9,23-25H2,1-2H3,(H,27,29)(H,28,35). The zero-order chi connectivity index (χ0) is 26.3. The monoisotopic (exact) mass is 499 g/mol. The Morgan fingerprint density at radius 3 is 2.59 bits per heavy atom. The molecule has 188 valence electrons. The first-order chi connectivity index (χ1) is 17.6. The van der Waals surface area contributed by atoms with Crippen molar-refractivity contribution in [2.75, 3.05) is 30.4 Å². The quantitative estimate of drug-likeness (QED) is 0.365. The van der Waals surface area contributed by atoms with Gasteiger partial charge in [-0.05, 0) is 30.2 Å². The van der Waals surface area contributed by atoms with Crippen LogP contribution in [0.1, 0.15) is 23.3 Å². The fraction of sp³-hybridized carbons (Fsp3) is 0.364. The molecule has 1 aliphatic carbocycles. The van der Waals surface area contributed by atoms with Crippen molar-refractivity contribution in [3.8, 4) is 17.1 Å². The molecule has 1 saturated carbocycles. The SMILES string of the molecule is BC(B)(B)NC(=O)c1nnc(N2CCN(C3CC3)C2=O)cc1Nc1cccc(-c2ncn(C)n2)c1OC. The van der Waals surface area contributed by atoms with E-state index in [4.69, 9.17) is 4.74 Å². The third-order valence-corrected chi connectivity index (χ3v) is 6.12. The summed E-state index contributed by atoms with van der Waals surface area (Å²) in [4.78, 5) is 34.0.